The molecule has 3 amide bonds. The fourth-order valence-corrected chi connectivity index (χ4v) is 5.36. The van der Waals surface area contributed by atoms with E-state index in [0.29, 0.717) is 38.9 Å². The lowest BCUT2D eigenvalue weighted by Crippen LogP contribution is -2.52. The van der Waals surface area contributed by atoms with Gasteiger partial charge in [0.1, 0.15) is 5.75 Å². The van der Waals surface area contributed by atoms with Gasteiger partial charge in [-0.25, -0.2) is 0 Å². The van der Waals surface area contributed by atoms with Crippen LogP contribution in [0.2, 0.25) is 0 Å². The first-order chi connectivity index (χ1) is 15.5. The molecule has 2 aliphatic heterocycles. The molecule has 0 spiro atoms. The van der Waals surface area contributed by atoms with Gasteiger partial charge in [-0.2, -0.15) is 0 Å². The summed E-state index contributed by atoms with van der Waals surface area (Å²) in [5.41, 5.74) is 0.639. The van der Waals surface area contributed by atoms with E-state index < -0.39 is 0 Å². The average Bonchev–Trinajstić information content (AvgIpc) is 3.43. The molecule has 1 N–H and O–H groups in total. The third-order valence-corrected chi connectivity index (χ3v) is 7.20. The minimum absolute atomic E-state index is 0.0221. The van der Waals surface area contributed by atoms with Crippen LogP contribution in [0.3, 0.4) is 0 Å². The highest BCUT2D eigenvalue weighted by Gasteiger charge is 2.39. The molecule has 8 heteroatoms. The first-order valence-electron chi connectivity index (χ1n) is 11.0. The maximum absolute atomic E-state index is 12.9. The maximum Gasteiger partial charge on any atom is 0.242 e. The zero-order valence-corrected chi connectivity index (χ0v) is 19.2. The van der Waals surface area contributed by atoms with E-state index in [1.165, 1.54) is 4.88 Å². The molecular formula is C24H29N3O4S. The second kappa shape index (κ2) is 9.73. The van der Waals surface area contributed by atoms with E-state index >= 15 is 0 Å². The number of hydrogen-bond acceptors (Lipinski definition) is 5. The van der Waals surface area contributed by atoms with E-state index in [2.05, 4.69) is 11.4 Å². The summed E-state index contributed by atoms with van der Waals surface area (Å²) in [6.45, 7) is 1.65. The number of piperazine rings is 1. The largest absolute Gasteiger partial charge is 0.497 e. The first-order valence-corrected chi connectivity index (χ1v) is 11.9. The highest BCUT2D eigenvalue weighted by Crippen LogP contribution is 2.31. The number of methoxy groups -OCH3 is 1. The number of carbonyl (C=O) groups is 3. The lowest BCUT2D eigenvalue weighted by Gasteiger charge is -2.35. The summed E-state index contributed by atoms with van der Waals surface area (Å²) in [7, 11) is 1.62. The number of rotatable bonds is 8. The summed E-state index contributed by atoms with van der Waals surface area (Å²) in [6.07, 6.45) is 2.91. The Hall–Kier alpha value is -2.87. The summed E-state index contributed by atoms with van der Waals surface area (Å²) in [4.78, 5) is 42.2. The van der Waals surface area contributed by atoms with Crippen molar-refractivity contribution in [1.82, 2.24) is 15.1 Å². The maximum atomic E-state index is 12.9. The fourth-order valence-electron chi connectivity index (χ4n) is 4.51. The topological polar surface area (TPSA) is 79.0 Å². The van der Waals surface area contributed by atoms with E-state index in [1.54, 1.807) is 28.2 Å². The van der Waals surface area contributed by atoms with Gasteiger partial charge in [-0.15, -0.1) is 11.3 Å². The van der Waals surface area contributed by atoms with Crippen molar-refractivity contribution in [1.29, 1.82) is 0 Å². The van der Waals surface area contributed by atoms with Crippen molar-refractivity contribution in [3.63, 3.8) is 0 Å². The molecule has 2 aromatic rings. The Kier molecular flexibility index (Phi) is 6.79. The van der Waals surface area contributed by atoms with Gasteiger partial charge in [-0.1, -0.05) is 18.2 Å². The minimum Gasteiger partial charge on any atom is -0.497 e. The van der Waals surface area contributed by atoms with E-state index in [4.69, 9.17) is 4.74 Å². The number of carbonyl (C=O) groups excluding carboxylic acids is 3. The Bertz CT molecular complexity index is 977. The molecule has 2 aliphatic rings. The Morgan fingerprint density at radius 2 is 2.09 bits per heavy atom. The van der Waals surface area contributed by atoms with Crippen molar-refractivity contribution >= 4 is 29.1 Å². The van der Waals surface area contributed by atoms with Crippen molar-refractivity contribution in [2.45, 2.75) is 44.2 Å². The fraction of sp³-hybridized carbons (Fsp3) is 0.458. The van der Waals surface area contributed by atoms with Crippen LogP contribution >= 0.6 is 11.3 Å². The van der Waals surface area contributed by atoms with Crippen LogP contribution in [0, 0.1) is 0 Å². The molecule has 1 aromatic heterocycles. The summed E-state index contributed by atoms with van der Waals surface area (Å²) in [6, 6.07) is 11.8. The first kappa shape index (κ1) is 22.3. The highest BCUT2D eigenvalue weighted by atomic mass is 32.1. The highest BCUT2D eigenvalue weighted by molar-refractivity contribution is 7.09. The summed E-state index contributed by atoms with van der Waals surface area (Å²) < 4.78 is 5.25. The average molecular weight is 456 g/mol. The van der Waals surface area contributed by atoms with E-state index in [-0.39, 0.29) is 29.8 Å². The van der Waals surface area contributed by atoms with Gasteiger partial charge in [0.05, 0.1) is 13.7 Å². The van der Waals surface area contributed by atoms with Crippen molar-refractivity contribution in [3.8, 4) is 5.75 Å². The summed E-state index contributed by atoms with van der Waals surface area (Å²) in [5.74, 6) is 0.746. The van der Waals surface area contributed by atoms with Crippen LogP contribution in [0.4, 0.5) is 0 Å². The monoisotopic (exact) mass is 455 g/mol. The molecule has 0 bridgehead atoms. The second-order valence-electron chi connectivity index (χ2n) is 8.57. The number of hydrogen-bond donors (Lipinski definition) is 1. The van der Waals surface area contributed by atoms with Gasteiger partial charge in [-0.05, 0) is 42.0 Å². The van der Waals surface area contributed by atoms with Crippen LogP contribution in [-0.4, -0.2) is 59.8 Å². The van der Waals surface area contributed by atoms with Gasteiger partial charge in [-0.3, -0.25) is 14.4 Å². The molecule has 4 rings (SSSR count). The molecule has 1 unspecified atom stereocenters. The smallest absolute Gasteiger partial charge is 0.242 e. The third-order valence-electron chi connectivity index (χ3n) is 6.32. The Balaban J connectivity index is 1.31. The van der Waals surface area contributed by atoms with Gasteiger partial charge in [0.25, 0.3) is 0 Å². The van der Waals surface area contributed by atoms with Crippen molar-refractivity contribution in [2.75, 3.05) is 26.7 Å². The molecule has 1 aromatic carbocycles. The molecular weight excluding hydrogens is 426 g/mol. The number of nitrogens with zero attached hydrogens (tertiary/aromatic N) is 2. The quantitative estimate of drug-likeness (QED) is 0.664. The van der Waals surface area contributed by atoms with Gasteiger partial charge in [0, 0.05) is 49.3 Å². The Morgan fingerprint density at radius 1 is 1.22 bits per heavy atom. The zero-order valence-electron chi connectivity index (χ0n) is 18.3. The molecule has 0 aliphatic carbocycles. The number of nitrogens with one attached hydrogen (secondary N) is 1. The predicted molar refractivity (Wildman–Crippen MR) is 122 cm³/mol. The standard InChI is InChI=1S/C24H29N3O4S/c1-31-19-5-2-4-18(14-19)16-26-11-12-27(17-23(26)30)22(29)8-10-24(9-7-21(28)25-24)15-20-6-3-13-32-20/h2-6,13-14H,7-12,15-17H2,1H3,(H,25,28). The van der Waals surface area contributed by atoms with Crippen LogP contribution in [0.25, 0.3) is 0 Å². The molecule has 1 atom stereocenters. The third kappa shape index (κ3) is 5.30. The molecule has 32 heavy (non-hydrogen) atoms. The normalized spacial score (nSPS) is 21.0. The second-order valence-corrected chi connectivity index (χ2v) is 9.60. The lowest BCUT2D eigenvalue weighted by atomic mass is 9.87. The number of benzene rings is 1. The summed E-state index contributed by atoms with van der Waals surface area (Å²) in [5, 5.41) is 5.16. The molecule has 2 fully saturated rings. The van der Waals surface area contributed by atoms with E-state index in [0.717, 1.165) is 24.2 Å². The van der Waals surface area contributed by atoms with Crippen LogP contribution in [0.5, 0.6) is 5.75 Å². The van der Waals surface area contributed by atoms with Crippen LogP contribution in [0.15, 0.2) is 41.8 Å². The Labute approximate surface area is 192 Å². The molecule has 2 saturated heterocycles. The molecule has 3 heterocycles. The predicted octanol–water partition coefficient (Wildman–Crippen LogP) is 2.60. The number of ether oxygens (including phenoxy) is 1. The number of thiophene rings is 1. The van der Waals surface area contributed by atoms with Gasteiger partial charge >= 0.3 is 0 Å². The van der Waals surface area contributed by atoms with Gasteiger partial charge in [0.2, 0.25) is 17.7 Å². The van der Waals surface area contributed by atoms with Crippen molar-refractivity contribution in [2.24, 2.45) is 0 Å². The molecule has 170 valence electrons. The van der Waals surface area contributed by atoms with Crippen molar-refractivity contribution in [3.05, 3.63) is 52.2 Å². The zero-order chi connectivity index (χ0) is 22.6. The SMILES string of the molecule is COc1cccc(CN2CCN(C(=O)CCC3(Cc4cccs4)CCC(=O)N3)CC2=O)c1. The van der Waals surface area contributed by atoms with Crippen LogP contribution < -0.4 is 10.1 Å². The lowest BCUT2D eigenvalue weighted by molar-refractivity contribution is -0.145. The summed E-state index contributed by atoms with van der Waals surface area (Å²) >= 11 is 1.67. The minimum atomic E-state index is -0.365. The molecule has 0 radical (unpaired) electrons. The van der Waals surface area contributed by atoms with Crippen LogP contribution in [-0.2, 0) is 27.3 Å². The molecule has 0 saturated carbocycles. The van der Waals surface area contributed by atoms with E-state index in [9.17, 15) is 14.4 Å². The van der Waals surface area contributed by atoms with Gasteiger partial charge < -0.3 is 19.9 Å². The van der Waals surface area contributed by atoms with E-state index in [1.807, 2.05) is 35.7 Å². The van der Waals surface area contributed by atoms with Gasteiger partial charge in [0.15, 0.2) is 0 Å². The van der Waals surface area contributed by atoms with Crippen LogP contribution in [0.1, 0.15) is 36.1 Å². The number of amides is 3. The molecule has 7 nitrogen and oxygen atoms in total. The van der Waals surface area contributed by atoms with Crippen molar-refractivity contribution < 1.29 is 19.1 Å². The Morgan fingerprint density at radius 3 is 2.78 bits per heavy atom.